The molecule has 0 aliphatic heterocycles. The summed E-state index contributed by atoms with van der Waals surface area (Å²) in [6.07, 6.45) is 3.49. The molecule has 5 heteroatoms. The van der Waals surface area contributed by atoms with Crippen molar-refractivity contribution in [3.8, 4) is 0 Å². The molecule has 3 unspecified atom stereocenters. The van der Waals surface area contributed by atoms with E-state index in [1.54, 1.807) is 0 Å². The normalized spacial score (nSPS) is 14.8. The summed E-state index contributed by atoms with van der Waals surface area (Å²) < 4.78 is 0. The molecule has 1 aromatic rings. The maximum atomic E-state index is 12.7. The fraction of sp³-hybridized carbons (Fsp3) is 0.600. The third kappa shape index (κ3) is 7.80. The number of nitrogens with two attached hydrogens (primary N) is 2. The van der Waals surface area contributed by atoms with Crippen molar-refractivity contribution in [1.29, 1.82) is 0 Å². The van der Waals surface area contributed by atoms with Gasteiger partial charge in [0.25, 0.3) is 0 Å². The first-order valence-corrected chi connectivity index (χ1v) is 9.23. The van der Waals surface area contributed by atoms with Crippen molar-refractivity contribution >= 4 is 11.7 Å². The molecule has 0 bridgehead atoms. The van der Waals surface area contributed by atoms with Gasteiger partial charge in [0, 0.05) is 6.04 Å². The second-order valence-corrected chi connectivity index (χ2v) is 7.09. The predicted octanol–water partition coefficient (Wildman–Crippen LogP) is 2.17. The van der Waals surface area contributed by atoms with Crippen LogP contribution in [-0.2, 0) is 16.0 Å². The van der Waals surface area contributed by atoms with Gasteiger partial charge in [-0.15, -0.1) is 0 Å². The summed E-state index contributed by atoms with van der Waals surface area (Å²) in [6, 6.07) is 8.41. The van der Waals surface area contributed by atoms with Crippen LogP contribution in [0.1, 0.15) is 52.0 Å². The Morgan fingerprint density at radius 3 is 2.24 bits per heavy atom. The van der Waals surface area contributed by atoms with Gasteiger partial charge in [-0.05, 0) is 30.7 Å². The Bertz CT molecular complexity index is 531. The van der Waals surface area contributed by atoms with Gasteiger partial charge in [0.15, 0.2) is 5.78 Å². The monoisotopic (exact) mass is 347 g/mol. The molecule has 1 rings (SSSR count). The van der Waals surface area contributed by atoms with E-state index in [-0.39, 0.29) is 30.1 Å². The highest BCUT2D eigenvalue weighted by Gasteiger charge is 2.28. The quantitative estimate of drug-likeness (QED) is 0.571. The van der Waals surface area contributed by atoms with Gasteiger partial charge in [0.05, 0.1) is 18.5 Å². The molecule has 3 atom stereocenters. The molecule has 140 valence electrons. The standard InChI is InChI=1S/C20H33N3O2/c1-4-8-16(21)11-12-17(22)20(25)19(14(2)3)23-18(24)13-15-9-6-5-7-10-15/h5-7,9-10,14,16-17,19H,4,8,11-13,21-22H2,1-3H3,(H,23,24). The van der Waals surface area contributed by atoms with Crippen molar-refractivity contribution in [2.75, 3.05) is 0 Å². The van der Waals surface area contributed by atoms with Crippen molar-refractivity contribution in [2.45, 2.75) is 71.0 Å². The number of carbonyl (C=O) groups excluding carboxylic acids is 2. The molecule has 0 aliphatic rings. The molecule has 0 aromatic heterocycles. The fourth-order valence-electron chi connectivity index (χ4n) is 2.85. The molecule has 0 fully saturated rings. The van der Waals surface area contributed by atoms with E-state index in [4.69, 9.17) is 11.5 Å². The molecular weight excluding hydrogens is 314 g/mol. The van der Waals surface area contributed by atoms with Crippen molar-refractivity contribution < 1.29 is 9.59 Å². The Morgan fingerprint density at radius 1 is 1.04 bits per heavy atom. The third-order valence-corrected chi connectivity index (χ3v) is 4.37. The summed E-state index contributed by atoms with van der Waals surface area (Å²) in [5, 5.41) is 2.86. The van der Waals surface area contributed by atoms with Crippen LogP contribution in [0.4, 0.5) is 0 Å². The van der Waals surface area contributed by atoms with E-state index in [1.807, 2.05) is 44.2 Å². The number of ketones is 1. The Labute approximate surface area is 151 Å². The van der Waals surface area contributed by atoms with E-state index in [0.29, 0.717) is 6.42 Å². The number of amides is 1. The van der Waals surface area contributed by atoms with Crippen LogP contribution >= 0.6 is 0 Å². The highest BCUT2D eigenvalue weighted by Crippen LogP contribution is 2.11. The number of nitrogens with one attached hydrogen (secondary N) is 1. The van der Waals surface area contributed by atoms with Crippen LogP contribution in [0.2, 0.25) is 0 Å². The Kier molecular flexibility index (Phi) is 9.39. The number of hydrogen-bond donors (Lipinski definition) is 3. The van der Waals surface area contributed by atoms with Crippen molar-refractivity contribution in [3.05, 3.63) is 35.9 Å². The van der Waals surface area contributed by atoms with E-state index < -0.39 is 12.1 Å². The van der Waals surface area contributed by atoms with Crippen LogP contribution in [-0.4, -0.2) is 29.8 Å². The minimum Gasteiger partial charge on any atom is -0.346 e. The van der Waals surface area contributed by atoms with Crippen LogP contribution in [0.3, 0.4) is 0 Å². The van der Waals surface area contributed by atoms with Gasteiger partial charge in [-0.3, -0.25) is 9.59 Å². The molecule has 0 spiro atoms. The van der Waals surface area contributed by atoms with E-state index in [9.17, 15) is 9.59 Å². The smallest absolute Gasteiger partial charge is 0.225 e. The minimum atomic E-state index is -0.590. The van der Waals surface area contributed by atoms with E-state index in [1.165, 1.54) is 0 Å². The second kappa shape index (κ2) is 11.0. The Balaban J connectivity index is 2.59. The zero-order valence-electron chi connectivity index (χ0n) is 15.7. The summed E-state index contributed by atoms with van der Waals surface area (Å²) in [4.78, 5) is 24.9. The van der Waals surface area contributed by atoms with Crippen LogP contribution in [0.25, 0.3) is 0 Å². The van der Waals surface area contributed by atoms with Crippen molar-refractivity contribution in [3.63, 3.8) is 0 Å². The molecule has 0 aliphatic carbocycles. The first-order chi connectivity index (χ1) is 11.8. The number of hydrogen-bond acceptors (Lipinski definition) is 4. The van der Waals surface area contributed by atoms with E-state index in [0.717, 1.165) is 24.8 Å². The van der Waals surface area contributed by atoms with Gasteiger partial charge in [-0.1, -0.05) is 57.5 Å². The maximum absolute atomic E-state index is 12.7. The molecule has 0 radical (unpaired) electrons. The molecule has 5 nitrogen and oxygen atoms in total. The van der Waals surface area contributed by atoms with Crippen molar-refractivity contribution in [1.82, 2.24) is 5.32 Å². The van der Waals surface area contributed by atoms with E-state index >= 15 is 0 Å². The largest absolute Gasteiger partial charge is 0.346 e. The second-order valence-electron chi connectivity index (χ2n) is 7.09. The lowest BCUT2D eigenvalue weighted by molar-refractivity contribution is -0.129. The zero-order chi connectivity index (χ0) is 18.8. The van der Waals surface area contributed by atoms with Gasteiger partial charge >= 0.3 is 0 Å². The van der Waals surface area contributed by atoms with Crippen molar-refractivity contribution in [2.24, 2.45) is 17.4 Å². The average molecular weight is 348 g/mol. The van der Waals surface area contributed by atoms with Gasteiger partial charge in [-0.25, -0.2) is 0 Å². The summed E-state index contributed by atoms with van der Waals surface area (Å²) in [6.45, 7) is 5.92. The molecule has 0 saturated carbocycles. The first kappa shape index (κ1) is 21.3. The molecule has 1 aromatic carbocycles. The maximum Gasteiger partial charge on any atom is 0.225 e. The minimum absolute atomic E-state index is 0.0115. The first-order valence-electron chi connectivity index (χ1n) is 9.23. The SMILES string of the molecule is CCCC(N)CCC(N)C(=O)C(NC(=O)Cc1ccccc1)C(C)C. The molecule has 5 N–H and O–H groups in total. The topological polar surface area (TPSA) is 98.2 Å². The summed E-state index contributed by atoms with van der Waals surface area (Å²) in [5.41, 5.74) is 13.0. The Morgan fingerprint density at radius 2 is 1.68 bits per heavy atom. The van der Waals surface area contributed by atoms with Crippen LogP contribution in [0.5, 0.6) is 0 Å². The highest BCUT2D eigenvalue weighted by atomic mass is 16.2. The molecular formula is C20H33N3O2. The number of rotatable bonds is 11. The van der Waals surface area contributed by atoms with E-state index in [2.05, 4.69) is 12.2 Å². The fourth-order valence-corrected chi connectivity index (χ4v) is 2.85. The van der Waals surface area contributed by atoms with Gasteiger partial charge in [-0.2, -0.15) is 0 Å². The van der Waals surface area contributed by atoms with Gasteiger partial charge < -0.3 is 16.8 Å². The molecule has 0 heterocycles. The third-order valence-electron chi connectivity index (χ3n) is 4.37. The molecule has 25 heavy (non-hydrogen) atoms. The molecule has 0 saturated heterocycles. The summed E-state index contributed by atoms with van der Waals surface area (Å²) >= 11 is 0. The Hall–Kier alpha value is -1.72. The number of carbonyl (C=O) groups is 2. The van der Waals surface area contributed by atoms with Crippen LogP contribution < -0.4 is 16.8 Å². The lowest BCUT2D eigenvalue weighted by Gasteiger charge is -2.25. The zero-order valence-corrected chi connectivity index (χ0v) is 15.7. The number of Topliss-reactive ketones (excluding diaryl/α,β-unsaturated/α-hetero) is 1. The average Bonchev–Trinajstić information content (AvgIpc) is 2.58. The number of benzene rings is 1. The lowest BCUT2D eigenvalue weighted by Crippen LogP contribution is -2.51. The summed E-state index contributed by atoms with van der Waals surface area (Å²) in [7, 11) is 0. The van der Waals surface area contributed by atoms with Crippen LogP contribution in [0, 0.1) is 5.92 Å². The molecule has 1 amide bonds. The highest BCUT2D eigenvalue weighted by molar-refractivity contribution is 5.93. The lowest BCUT2D eigenvalue weighted by atomic mass is 9.92. The van der Waals surface area contributed by atoms with Gasteiger partial charge in [0.2, 0.25) is 5.91 Å². The predicted molar refractivity (Wildman–Crippen MR) is 102 cm³/mol. The van der Waals surface area contributed by atoms with Crippen LogP contribution in [0.15, 0.2) is 30.3 Å². The van der Waals surface area contributed by atoms with Gasteiger partial charge in [0.1, 0.15) is 0 Å². The summed E-state index contributed by atoms with van der Waals surface area (Å²) in [5.74, 6) is -0.282.